The van der Waals surface area contributed by atoms with Gasteiger partial charge in [-0.1, -0.05) is 12.1 Å². The molecular weight excluding hydrogens is 424 g/mol. The van der Waals surface area contributed by atoms with Crippen molar-refractivity contribution in [3.63, 3.8) is 0 Å². The molecule has 0 bridgehead atoms. The molecule has 3 heterocycles. The number of amides is 1. The maximum atomic E-state index is 13.1. The lowest BCUT2D eigenvalue weighted by atomic mass is 9.99. The Labute approximate surface area is 183 Å². The zero-order valence-electron chi connectivity index (χ0n) is 17.2. The minimum absolute atomic E-state index is 0.0435. The van der Waals surface area contributed by atoms with Crippen LogP contribution in [0.2, 0.25) is 0 Å². The van der Waals surface area contributed by atoms with Crippen molar-refractivity contribution >= 4 is 29.6 Å². The second-order valence-electron chi connectivity index (χ2n) is 7.45. The molecule has 1 amide bonds. The number of benzene rings is 1. The molecule has 0 radical (unpaired) electrons. The first-order valence-corrected chi connectivity index (χ1v) is 11.0. The highest BCUT2D eigenvalue weighted by Crippen LogP contribution is 2.43. The van der Waals surface area contributed by atoms with Crippen LogP contribution in [0, 0.1) is 0 Å². The van der Waals surface area contributed by atoms with E-state index in [0.717, 1.165) is 5.56 Å². The van der Waals surface area contributed by atoms with E-state index in [9.17, 15) is 14.4 Å². The number of hydrogen-bond donors (Lipinski definition) is 1. The Hall–Kier alpha value is -2.56. The topological polar surface area (TPSA) is 117 Å². The van der Waals surface area contributed by atoms with Crippen LogP contribution in [0.15, 0.2) is 35.5 Å². The normalized spacial score (nSPS) is 27.5. The summed E-state index contributed by atoms with van der Waals surface area (Å²) in [6, 6.07) is 6.50. The number of rotatable bonds is 6. The first kappa shape index (κ1) is 21.7. The zero-order chi connectivity index (χ0) is 22.1. The van der Waals surface area contributed by atoms with Crippen molar-refractivity contribution in [2.75, 3.05) is 20.0 Å². The van der Waals surface area contributed by atoms with Gasteiger partial charge in [0.25, 0.3) is 0 Å². The van der Waals surface area contributed by atoms with Gasteiger partial charge in [-0.2, -0.15) is 0 Å². The van der Waals surface area contributed by atoms with Crippen molar-refractivity contribution in [2.24, 2.45) is 5.73 Å². The average Bonchev–Trinajstić information content (AvgIpc) is 3.31. The molecule has 0 aromatic heterocycles. The minimum Gasteiger partial charge on any atom is -0.497 e. The van der Waals surface area contributed by atoms with E-state index in [-0.39, 0.29) is 23.6 Å². The second kappa shape index (κ2) is 8.89. The Bertz CT molecular complexity index is 917. The van der Waals surface area contributed by atoms with E-state index in [2.05, 4.69) is 0 Å². The summed E-state index contributed by atoms with van der Waals surface area (Å²) in [6.07, 6.45) is -0.123. The van der Waals surface area contributed by atoms with Gasteiger partial charge >= 0.3 is 11.9 Å². The van der Waals surface area contributed by atoms with E-state index < -0.39 is 30.2 Å². The van der Waals surface area contributed by atoms with Gasteiger partial charge in [0.05, 0.1) is 20.3 Å². The van der Waals surface area contributed by atoms with Gasteiger partial charge in [-0.05, 0) is 36.1 Å². The number of fused-ring (bicyclic) bond motifs is 1. The van der Waals surface area contributed by atoms with Crippen molar-refractivity contribution in [3.05, 3.63) is 41.1 Å². The summed E-state index contributed by atoms with van der Waals surface area (Å²) in [5.74, 6) is -0.218. The van der Waals surface area contributed by atoms with Crippen molar-refractivity contribution in [1.29, 1.82) is 0 Å². The summed E-state index contributed by atoms with van der Waals surface area (Å²) in [6.45, 7) is 0.0435. The number of methoxy groups -OCH3 is 2. The molecule has 0 aliphatic carbocycles. The number of hydrogen-bond acceptors (Lipinski definition) is 9. The van der Waals surface area contributed by atoms with Crippen molar-refractivity contribution in [3.8, 4) is 5.75 Å². The molecule has 0 spiro atoms. The summed E-state index contributed by atoms with van der Waals surface area (Å²) in [7, 11) is 2.88. The maximum Gasteiger partial charge on any atom is 0.355 e. The number of carbonyl (C=O) groups is 3. The molecule has 166 valence electrons. The Morgan fingerprint density at radius 2 is 1.97 bits per heavy atom. The number of nitrogens with two attached hydrogens (primary N) is 1. The molecule has 9 nitrogen and oxygen atoms in total. The van der Waals surface area contributed by atoms with Crippen LogP contribution in [0.5, 0.6) is 5.75 Å². The van der Waals surface area contributed by atoms with E-state index in [4.69, 9.17) is 24.7 Å². The third-order valence-corrected chi connectivity index (χ3v) is 6.96. The van der Waals surface area contributed by atoms with Crippen molar-refractivity contribution in [2.45, 2.75) is 43.1 Å². The lowest BCUT2D eigenvalue weighted by molar-refractivity contribution is -0.153. The number of nitrogens with zero attached hydrogens (tertiary/aromatic N) is 1. The molecule has 2 saturated heterocycles. The Balaban J connectivity index is 1.55. The number of ether oxygens (including phenoxy) is 4. The number of thioether (sulfide) groups is 1. The lowest BCUT2D eigenvalue weighted by Crippen LogP contribution is -2.68. The first-order chi connectivity index (χ1) is 14.9. The predicted molar refractivity (Wildman–Crippen MR) is 111 cm³/mol. The molecule has 3 aliphatic rings. The van der Waals surface area contributed by atoms with Crippen molar-refractivity contribution in [1.82, 2.24) is 4.90 Å². The average molecular weight is 448 g/mol. The molecule has 4 rings (SSSR count). The van der Waals surface area contributed by atoms with Gasteiger partial charge in [-0.15, -0.1) is 11.8 Å². The monoisotopic (exact) mass is 448 g/mol. The SMILES string of the molecule is COC(=O)C1CCC(C2=C(C(=O)OCc3ccc(OC)cc3)N3C(=O)[C@@H](N)[C@H]3SC2)O1. The molecular formula is C21H24N2O7S. The van der Waals surface area contributed by atoms with Gasteiger partial charge in [0.2, 0.25) is 5.91 Å². The van der Waals surface area contributed by atoms with Crippen LogP contribution < -0.4 is 10.5 Å². The predicted octanol–water partition coefficient (Wildman–Crippen LogP) is 0.955. The van der Waals surface area contributed by atoms with Crippen LogP contribution in [-0.2, 0) is 35.2 Å². The molecule has 2 fully saturated rings. The van der Waals surface area contributed by atoms with Gasteiger partial charge in [0.15, 0.2) is 6.10 Å². The molecule has 31 heavy (non-hydrogen) atoms. The Kier molecular flexibility index (Phi) is 6.22. The molecule has 0 saturated carbocycles. The van der Waals surface area contributed by atoms with Gasteiger partial charge in [-0.3, -0.25) is 9.69 Å². The highest BCUT2D eigenvalue weighted by Gasteiger charge is 2.53. The fourth-order valence-corrected chi connectivity index (χ4v) is 5.27. The van der Waals surface area contributed by atoms with Gasteiger partial charge in [-0.25, -0.2) is 9.59 Å². The van der Waals surface area contributed by atoms with E-state index in [0.29, 0.717) is 29.9 Å². The van der Waals surface area contributed by atoms with Crippen LogP contribution in [-0.4, -0.2) is 66.3 Å². The summed E-state index contributed by atoms with van der Waals surface area (Å²) in [5, 5.41) is -0.308. The number of β-lactam (4-membered cyclic amide) rings is 1. The van der Waals surface area contributed by atoms with E-state index in [1.54, 1.807) is 31.4 Å². The molecule has 1 aromatic carbocycles. The lowest BCUT2D eigenvalue weighted by Gasteiger charge is -2.48. The third kappa shape index (κ3) is 4.02. The molecule has 3 aliphatic heterocycles. The highest BCUT2D eigenvalue weighted by molar-refractivity contribution is 8.00. The first-order valence-electron chi connectivity index (χ1n) is 9.91. The fraction of sp³-hybridized carbons (Fsp3) is 0.476. The van der Waals surface area contributed by atoms with E-state index >= 15 is 0 Å². The highest BCUT2D eigenvalue weighted by atomic mass is 32.2. The van der Waals surface area contributed by atoms with Gasteiger partial charge in [0.1, 0.15) is 29.5 Å². The third-order valence-electron chi connectivity index (χ3n) is 5.63. The van der Waals surface area contributed by atoms with Gasteiger partial charge in [0, 0.05) is 5.75 Å². The number of esters is 2. The molecule has 2 unspecified atom stereocenters. The Morgan fingerprint density at radius 3 is 2.65 bits per heavy atom. The number of carbonyl (C=O) groups excluding carboxylic acids is 3. The quantitative estimate of drug-likeness (QED) is 0.501. The Morgan fingerprint density at radius 1 is 1.23 bits per heavy atom. The van der Waals surface area contributed by atoms with Crippen LogP contribution in [0.25, 0.3) is 0 Å². The molecule has 1 aromatic rings. The second-order valence-corrected chi connectivity index (χ2v) is 8.55. The summed E-state index contributed by atoms with van der Waals surface area (Å²) in [4.78, 5) is 38.8. The minimum atomic E-state index is -0.684. The van der Waals surface area contributed by atoms with Gasteiger partial charge < -0.3 is 24.7 Å². The zero-order valence-corrected chi connectivity index (χ0v) is 18.1. The van der Waals surface area contributed by atoms with E-state index in [1.165, 1.54) is 23.8 Å². The van der Waals surface area contributed by atoms with Crippen LogP contribution in [0.3, 0.4) is 0 Å². The summed E-state index contributed by atoms with van der Waals surface area (Å²) in [5.41, 5.74) is 7.53. The van der Waals surface area contributed by atoms with Crippen LogP contribution >= 0.6 is 11.8 Å². The summed E-state index contributed by atoms with van der Waals surface area (Å²) >= 11 is 1.48. The smallest absolute Gasteiger partial charge is 0.355 e. The van der Waals surface area contributed by atoms with E-state index in [1.807, 2.05) is 0 Å². The molecule has 4 atom stereocenters. The molecule has 10 heteroatoms. The summed E-state index contributed by atoms with van der Waals surface area (Å²) < 4.78 is 21.3. The fourth-order valence-electron chi connectivity index (χ4n) is 3.91. The van der Waals surface area contributed by atoms with Crippen LogP contribution in [0.1, 0.15) is 18.4 Å². The largest absolute Gasteiger partial charge is 0.497 e. The maximum absolute atomic E-state index is 13.1. The van der Waals surface area contributed by atoms with Crippen molar-refractivity contribution < 1.29 is 33.3 Å². The standard InChI is InChI=1S/C21H24N2O7S/c1-27-12-5-3-11(4-6-12)9-29-21(26)17-13(10-31-19-16(22)18(24)23(17)19)14-7-8-15(30-14)20(25)28-2/h3-6,14-16,19H,7-10,22H2,1-2H3/t14?,15?,16-,19-/m1/s1. The molecule has 2 N–H and O–H groups in total. The van der Waals surface area contributed by atoms with Crippen LogP contribution in [0.4, 0.5) is 0 Å².